The van der Waals surface area contributed by atoms with E-state index in [1.165, 1.54) is 6.92 Å². The molecule has 3 N–H and O–H groups in total. The van der Waals surface area contributed by atoms with Crippen molar-refractivity contribution in [1.29, 1.82) is 0 Å². The maximum Gasteiger partial charge on any atom is 0.446 e. The number of halogens is 3. The molecular formula is C31H38F3NO11. The number of alkyl halides is 3. The Bertz CT molecular complexity index is 1420. The van der Waals surface area contributed by atoms with E-state index in [-0.39, 0.29) is 24.8 Å². The molecule has 5 rings (SSSR count). The number of aliphatic hydroxyl groups excluding tert-OH is 2. The number of hydrogen-bond donors (Lipinski definition) is 3. The maximum absolute atomic E-state index is 13.2. The summed E-state index contributed by atoms with van der Waals surface area (Å²) in [4.78, 5) is 48.9. The van der Waals surface area contributed by atoms with Crippen molar-refractivity contribution in [3.63, 3.8) is 0 Å². The van der Waals surface area contributed by atoms with Crippen molar-refractivity contribution in [3.05, 3.63) is 40.7 Å². The fourth-order valence-electron chi connectivity index (χ4n) is 6.74. The average Bonchev–Trinajstić information content (AvgIpc) is 3.31. The van der Waals surface area contributed by atoms with E-state index in [2.05, 4.69) is 4.90 Å². The predicted molar refractivity (Wildman–Crippen MR) is 151 cm³/mol. The van der Waals surface area contributed by atoms with Crippen molar-refractivity contribution in [1.82, 2.24) is 4.90 Å². The summed E-state index contributed by atoms with van der Waals surface area (Å²) in [6.45, 7) is 6.51. The van der Waals surface area contributed by atoms with Crippen LogP contribution >= 0.6 is 0 Å². The highest BCUT2D eigenvalue weighted by Gasteiger charge is 2.71. The molecular weight excluding hydrogens is 619 g/mol. The highest BCUT2D eigenvalue weighted by molar-refractivity contribution is 5.86. The molecule has 2 aliphatic heterocycles. The minimum Gasteiger partial charge on any atom is -0.481 e. The fourth-order valence-corrected chi connectivity index (χ4v) is 6.74. The van der Waals surface area contributed by atoms with E-state index < -0.39 is 71.7 Å². The molecule has 0 amide bonds. The monoisotopic (exact) mass is 657 g/mol. The number of rotatable bonds is 7. The summed E-state index contributed by atoms with van der Waals surface area (Å²) in [6.07, 6.45) is -7.33. The second-order valence-electron chi connectivity index (χ2n) is 12.9. The van der Waals surface area contributed by atoms with Crippen molar-refractivity contribution in [2.24, 2.45) is 0 Å². The number of carbonyl (C=O) groups excluding carboxylic acids is 4. The van der Waals surface area contributed by atoms with Gasteiger partial charge in [0.1, 0.15) is 23.2 Å². The first-order valence-electron chi connectivity index (χ1n) is 14.7. The number of hydrogen-bond acceptors (Lipinski definition) is 12. The van der Waals surface area contributed by atoms with Gasteiger partial charge in [0.2, 0.25) is 12.4 Å². The van der Waals surface area contributed by atoms with Crippen LogP contribution in [0.1, 0.15) is 63.6 Å². The van der Waals surface area contributed by atoms with Gasteiger partial charge in [-0.15, -0.1) is 0 Å². The highest BCUT2D eigenvalue weighted by atomic mass is 19.4. The SMILES string of the molecule is C[C@H](O)C(=O)O[C@@H](CC(=O)OC1=CC[C@@]2(O)[C@H]3Cc4ccc(CO)c5c4[C@@]2(CCN3C)[C@H]1O5)C(=O)OC(C)(C)C.O=CC(F)(F)F. The number of carbonyl (C=O) groups is 4. The number of likely N-dealkylation sites (tertiary alicyclic amines) is 1. The zero-order valence-electron chi connectivity index (χ0n) is 26.1. The molecule has 0 saturated carbocycles. The first kappa shape index (κ1) is 35.3. The Balaban J connectivity index is 0.000000731. The number of aldehydes is 1. The summed E-state index contributed by atoms with van der Waals surface area (Å²) < 4.78 is 53.9. The number of aliphatic hydroxyl groups is 3. The van der Waals surface area contributed by atoms with Crippen LogP contribution in [0, 0.1) is 0 Å². The Morgan fingerprint density at radius 3 is 2.41 bits per heavy atom. The lowest BCUT2D eigenvalue weighted by Crippen LogP contribution is -2.74. The Labute approximate surface area is 263 Å². The molecule has 12 nitrogen and oxygen atoms in total. The fraction of sp³-hybridized carbons (Fsp3) is 0.613. The van der Waals surface area contributed by atoms with E-state index in [1.54, 1.807) is 26.8 Å². The molecule has 1 spiro atoms. The molecule has 4 aliphatic rings. The smallest absolute Gasteiger partial charge is 0.446 e. The third kappa shape index (κ3) is 6.50. The van der Waals surface area contributed by atoms with Gasteiger partial charge in [-0.05, 0) is 65.8 Å². The van der Waals surface area contributed by atoms with Gasteiger partial charge in [0.15, 0.2) is 6.10 Å². The topological polar surface area (TPSA) is 169 Å². The normalized spacial score (nSPS) is 27.4. The van der Waals surface area contributed by atoms with Gasteiger partial charge in [0.05, 0.1) is 24.0 Å². The van der Waals surface area contributed by atoms with Gasteiger partial charge in [0.25, 0.3) is 0 Å². The zero-order valence-corrected chi connectivity index (χ0v) is 26.1. The van der Waals surface area contributed by atoms with Gasteiger partial charge in [-0.25, -0.2) is 9.59 Å². The van der Waals surface area contributed by atoms with Crippen molar-refractivity contribution in [2.75, 3.05) is 13.6 Å². The molecule has 1 aromatic carbocycles. The molecule has 0 radical (unpaired) electrons. The third-order valence-electron chi connectivity index (χ3n) is 8.61. The van der Waals surface area contributed by atoms with Crippen LogP contribution in [0.4, 0.5) is 13.2 Å². The molecule has 15 heteroatoms. The zero-order chi connectivity index (χ0) is 34.4. The first-order valence-corrected chi connectivity index (χ1v) is 14.7. The van der Waals surface area contributed by atoms with E-state index >= 15 is 0 Å². The first-order chi connectivity index (χ1) is 21.3. The molecule has 2 heterocycles. The Kier molecular flexibility index (Phi) is 9.66. The quantitative estimate of drug-likeness (QED) is 0.221. The van der Waals surface area contributed by atoms with E-state index in [0.717, 1.165) is 11.1 Å². The Hall–Kier alpha value is -3.53. The summed E-state index contributed by atoms with van der Waals surface area (Å²) in [5.74, 6) is -2.20. The lowest BCUT2D eigenvalue weighted by Gasteiger charge is -2.61. The highest BCUT2D eigenvalue weighted by Crippen LogP contribution is 2.64. The molecule has 1 fully saturated rings. The summed E-state index contributed by atoms with van der Waals surface area (Å²) >= 11 is 0. The molecule has 2 aliphatic carbocycles. The summed E-state index contributed by atoms with van der Waals surface area (Å²) in [5.41, 5.74) is -0.537. The van der Waals surface area contributed by atoms with Gasteiger partial charge < -0.3 is 39.2 Å². The second-order valence-corrected chi connectivity index (χ2v) is 12.9. The predicted octanol–water partition coefficient (Wildman–Crippen LogP) is 1.77. The van der Waals surface area contributed by atoms with Crippen LogP contribution in [-0.4, -0.2) is 99.7 Å². The van der Waals surface area contributed by atoms with E-state index in [1.807, 2.05) is 19.2 Å². The number of likely N-dealkylation sites (N-methyl/N-ethyl adjacent to an activating group) is 1. The Morgan fingerprint density at radius 2 is 1.85 bits per heavy atom. The lowest BCUT2D eigenvalue weighted by atomic mass is 9.50. The third-order valence-corrected chi connectivity index (χ3v) is 8.61. The van der Waals surface area contributed by atoms with Gasteiger partial charge >= 0.3 is 24.1 Å². The minimum absolute atomic E-state index is 0.185. The molecule has 0 aromatic heterocycles. The van der Waals surface area contributed by atoms with Gasteiger partial charge in [-0.1, -0.05) is 12.1 Å². The largest absolute Gasteiger partial charge is 0.481 e. The molecule has 46 heavy (non-hydrogen) atoms. The number of piperidine rings is 1. The molecule has 2 bridgehead atoms. The standard InChI is InChI=1S/C29H37NO10.C2HF3O/c1-15(32)25(34)38-19(26(35)40-27(2,3)4)13-21(33)37-18-8-9-29(36)20-12-16-6-7-17(14-31)23-22(16)28(29,24(18)39-23)10-11-30(20)5;3-2(4,5)1-6/h6-8,15,19-20,24,31-32,36H,9-14H2,1-5H3;1H/t15-,19-,20+,24-,28-,29+;/m0./s1. The van der Waals surface area contributed by atoms with Crippen LogP contribution in [0.2, 0.25) is 0 Å². The lowest BCUT2D eigenvalue weighted by molar-refractivity contribution is -0.183. The van der Waals surface area contributed by atoms with E-state index in [0.29, 0.717) is 30.7 Å². The van der Waals surface area contributed by atoms with Crippen molar-refractivity contribution in [3.8, 4) is 5.75 Å². The summed E-state index contributed by atoms with van der Waals surface area (Å²) in [5, 5.41) is 31.9. The minimum atomic E-state index is -4.64. The van der Waals surface area contributed by atoms with Crippen LogP contribution in [0.15, 0.2) is 24.0 Å². The van der Waals surface area contributed by atoms with Gasteiger partial charge in [-0.2, -0.15) is 13.2 Å². The number of nitrogens with zero attached hydrogens (tertiary/aromatic N) is 1. The second kappa shape index (κ2) is 12.6. The van der Waals surface area contributed by atoms with E-state index in [9.17, 15) is 42.9 Å². The summed E-state index contributed by atoms with van der Waals surface area (Å²) in [6, 6.07) is 3.60. The molecule has 1 saturated heterocycles. The van der Waals surface area contributed by atoms with E-state index in [4.69, 9.17) is 23.7 Å². The average molecular weight is 658 g/mol. The van der Waals surface area contributed by atoms with Crippen molar-refractivity contribution in [2.45, 2.75) is 107 Å². The van der Waals surface area contributed by atoms with Gasteiger partial charge in [0, 0.05) is 23.6 Å². The van der Waals surface area contributed by atoms with Crippen LogP contribution < -0.4 is 4.74 Å². The van der Waals surface area contributed by atoms with Crippen LogP contribution in [0.5, 0.6) is 5.75 Å². The Morgan fingerprint density at radius 1 is 1.20 bits per heavy atom. The molecule has 6 atom stereocenters. The van der Waals surface area contributed by atoms with Crippen LogP contribution in [0.25, 0.3) is 0 Å². The molecule has 0 unspecified atom stereocenters. The number of benzene rings is 1. The van der Waals surface area contributed by atoms with Gasteiger partial charge in [-0.3, -0.25) is 9.59 Å². The van der Waals surface area contributed by atoms with Crippen LogP contribution in [-0.2, 0) is 51.8 Å². The van der Waals surface area contributed by atoms with Crippen LogP contribution in [0.3, 0.4) is 0 Å². The maximum atomic E-state index is 13.2. The van der Waals surface area contributed by atoms with Crippen molar-refractivity contribution >= 4 is 24.2 Å². The van der Waals surface area contributed by atoms with Crippen molar-refractivity contribution < 1.29 is 66.6 Å². The number of ether oxygens (including phenoxy) is 4. The molecule has 1 aromatic rings. The number of esters is 3. The molecule has 254 valence electrons. The summed E-state index contributed by atoms with van der Waals surface area (Å²) in [7, 11) is 1.99.